The number of carbonyl (C=O) groups is 1. The van der Waals surface area contributed by atoms with E-state index in [9.17, 15) is 4.79 Å². The van der Waals surface area contributed by atoms with Gasteiger partial charge in [-0.25, -0.2) is 4.79 Å². The molecule has 1 saturated heterocycles. The zero-order chi connectivity index (χ0) is 11.0. The second kappa shape index (κ2) is 3.88. The molecule has 2 aliphatic heterocycles. The molecule has 1 unspecified atom stereocenters. The molecule has 16 heavy (non-hydrogen) atoms. The molecule has 4 nitrogen and oxygen atoms in total. The highest BCUT2D eigenvalue weighted by molar-refractivity contribution is 5.93. The zero-order valence-corrected chi connectivity index (χ0v) is 8.98. The zero-order valence-electron chi connectivity index (χ0n) is 8.98. The van der Waals surface area contributed by atoms with Crippen LogP contribution in [0, 0.1) is 0 Å². The maximum Gasteiger partial charge on any atom is 0.340 e. The van der Waals surface area contributed by atoms with Gasteiger partial charge in [0.2, 0.25) is 0 Å². The second-order valence-electron chi connectivity index (χ2n) is 4.13. The number of fused-ring (bicyclic) bond motifs is 1. The van der Waals surface area contributed by atoms with E-state index in [-0.39, 0.29) is 12.2 Å². The number of piperazine rings is 1. The van der Waals surface area contributed by atoms with Crippen LogP contribution in [0.3, 0.4) is 0 Å². The topological polar surface area (TPSA) is 41.6 Å². The smallest absolute Gasteiger partial charge is 0.340 e. The van der Waals surface area contributed by atoms with Gasteiger partial charge in [-0.2, -0.15) is 0 Å². The second-order valence-corrected chi connectivity index (χ2v) is 4.13. The monoisotopic (exact) mass is 218 g/mol. The van der Waals surface area contributed by atoms with Gasteiger partial charge >= 0.3 is 5.97 Å². The molecule has 4 heteroatoms. The lowest BCUT2D eigenvalue weighted by atomic mass is 10.1. The van der Waals surface area contributed by atoms with Gasteiger partial charge in [-0.3, -0.25) is 4.90 Å². The summed E-state index contributed by atoms with van der Waals surface area (Å²) in [5, 5.41) is 3.29. The molecule has 2 aliphatic rings. The third kappa shape index (κ3) is 1.50. The van der Waals surface area contributed by atoms with Gasteiger partial charge in [0.25, 0.3) is 0 Å². The number of nitrogens with zero attached hydrogens (tertiary/aromatic N) is 1. The fourth-order valence-electron chi connectivity index (χ4n) is 2.31. The van der Waals surface area contributed by atoms with E-state index in [0.29, 0.717) is 5.56 Å². The van der Waals surface area contributed by atoms with E-state index in [0.717, 1.165) is 31.7 Å². The Labute approximate surface area is 94.2 Å². The Hall–Kier alpha value is -1.39. The summed E-state index contributed by atoms with van der Waals surface area (Å²) in [4.78, 5) is 13.9. The Kier molecular flexibility index (Phi) is 2.38. The van der Waals surface area contributed by atoms with Crippen LogP contribution in [0.15, 0.2) is 24.3 Å². The summed E-state index contributed by atoms with van der Waals surface area (Å²) in [5.74, 6) is -0.195. The molecule has 0 aliphatic carbocycles. The van der Waals surface area contributed by atoms with Crippen molar-refractivity contribution in [2.45, 2.75) is 6.23 Å². The molecule has 1 N–H and O–H groups in total. The van der Waals surface area contributed by atoms with Crippen molar-refractivity contribution in [1.82, 2.24) is 10.2 Å². The molecule has 0 radical (unpaired) electrons. The molecule has 0 saturated carbocycles. The van der Waals surface area contributed by atoms with Crippen molar-refractivity contribution in [1.29, 1.82) is 0 Å². The average Bonchev–Trinajstić information content (AvgIpc) is 2.69. The normalized spacial score (nSPS) is 25.2. The van der Waals surface area contributed by atoms with Crippen LogP contribution in [-0.4, -0.2) is 37.0 Å². The first-order chi connectivity index (χ1) is 7.86. The number of esters is 1. The van der Waals surface area contributed by atoms with E-state index in [4.69, 9.17) is 4.74 Å². The molecule has 1 aromatic rings. The van der Waals surface area contributed by atoms with Gasteiger partial charge in [0.1, 0.15) is 0 Å². The van der Waals surface area contributed by atoms with Crippen LogP contribution in [0.4, 0.5) is 0 Å². The molecule has 1 aromatic carbocycles. The van der Waals surface area contributed by atoms with Crippen LogP contribution in [-0.2, 0) is 4.74 Å². The van der Waals surface area contributed by atoms with Crippen LogP contribution >= 0.6 is 0 Å². The molecular formula is C12H14N2O2. The summed E-state index contributed by atoms with van der Waals surface area (Å²) in [6.45, 7) is 3.75. The highest BCUT2D eigenvalue weighted by Gasteiger charge is 2.35. The molecule has 0 aromatic heterocycles. The van der Waals surface area contributed by atoms with Crippen molar-refractivity contribution in [2.75, 3.05) is 26.2 Å². The minimum Gasteiger partial charge on any atom is -0.438 e. The molecule has 84 valence electrons. The number of rotatable bonds is 1. The van der Waals surface area contributed by atoms with E-state index in [1.165, 1.54) is 0 Å². The third-order valence-corrected chi connectivity index (χ3v) is 3.15. The molecule has 0 bridgehead atoms. The van der Waals surface area contributed by atoms with E-state index in [2.05, 4.69) is 10.2 Å². The van der Waals surface area contributed by atoms with Crippen LogP contribution in [0.2, 0.25) is 0 Å². The average molecular weight is 218 g/mol. The van der Waals surface area contributed by atoms with Gasteiger partial charge in [-0.15, -0.1) is 0 Å². The Morgan fingerprint density at radius 2 is 2.00 bits per heavy atom. The molecule has 3 rings (SSSR count). The van der Waals surface area contributed by atoms with Crippen LogP contribution in [0.1, 0.15) is 22.1 Å². The summed E-state index contributed by atoms with van der Waals surface area (Å²) < 4.78 is 5.43. The van der Waals surface area contributed by atoms with Gasteiger partial charge in [0.15, 0.2) is 6.23 Å². The summed E-state index contributed by atoms with van der Waals surface area (Å²) >= 11 is 0. The van der Waals surface area contributed by atoms with E-state index >= 15 is 0 Å². The van der Waals surface area contributed by atoms with Crippen molar-refractivity contribution in [3.63, 3.8) is 0 Å². The van der Waals surface area contributed by atoms with Crippen LogP contribution < -0.4 is 5.32 Å². The lowest BCUT2D eigenvalue weighted by Gasteiger charge is -2.31. The Morgan fingerprint density at radius 3 is 2.81 bits per heavy atom. The Morgan fingerprint density at radius 1 is 1.25 bits per heavy atom. The largest absolute Gasteiger partial charge is 0.438 e. The highest BCUT2D eigenvalue weighted by atomic mass is 16.6. The maximum absolute atomic E-state index is 11.7. The predicted molar refractivity (Wildman–Crippen MR) is 59.0 cm³/mol. The van der Waals surface area contributed by atoms with E-state index < -0.39 is 0 Å². The van der Waals surface area contributed by atoms with Crippen LogP contribution in [0.25, 0.3) is 0 Å². The predicted octanol–water partition coefficient (Wildman–Crippen LogP) is 0.761. The molecule has 0 spiro atoms. The fraction of sp³-hybridized carbons (Fsp3) is 0.417. The molecule has 2 heterocycles. The third-order valence-electron chi connectivity index (χ3n) is 3.15. The van der Waals surface area contributed by atoms with Gasteiger partial charge in [0.05, 0.1) is 5.56 Å². The number of benzene rings is 1. The number of hydrogen-bond acceptors (Lipinski definition) is 4. The quantitative estimate of drug-likeness (QED) is 0.707. The highest BCUT2D eigenvalue weighted by Crippen LogP contribution is 2.32. The van der Waals surface area contributed by atoms with Gasteiger partial charge in [-0.05, 0) is 6.07 Å². The first-order valence-corrected chi connectivity index (χ1v) is 5.61. The number of carbonyl (C=O) groups excluding carboxylic acids is 1. The van der Waals surface area contributed by atoms with Gasteiger partial charge in [0, 0.05) is 31.7 Å². The molecule has 1 atom stereocenters. The summed E-state index contributed by atoms with van der Waals surface area (Å²) in [6, 6.07) is 7.64. The first kappa shape index (κ1) is 9.81. The minimum atomic E-state index is -0.195. The van der Waals surface area contributed by atoms with Crippen molar-refractivity contribution >= 4 is 5.97 Å². The van der Waals surface area contributed by atoms with Crippen molar-refractivity contribution in [3.05, 3.63) is 35.4 Å². The summed E-state index contributed by atoms with van der Waals surface area (Å²) in [6.07, 6.45) is -0.175. The summed E-state index contributed by atoms with van der Waals surface area (Å²) in [5.41, 5.74) is 1.72. The number of hydrogen-bond donors (Lipinski definition) is 1. The van der Waals surface area contributed by atoms with E-state index in [1.54, 1.807) is 0 Å². The number of nitrogens with one attached hydrogen (secondary N) is 1. The van der Waals surface area contributed by atoms with Crippen LogP contribution in [0.5, 0.6) is 0 Å². The maximum atomic E-state index is 11.7. The molecule has 1 fully saturated rings. The first-order valence-electron chi connectivity index (χ1n) is 5.61. The number of cyclic esters (lactones) is 1. The minimum absolute atomic E-state index is 0.175. The molecule has 0 amide bonds. The summed E-state index contributed by atoms with van der Waals surface area (Å²) in [7, 11) is 0. The Bertz CT molecular complexity index is 413. The lowest BCUT2D eigenvalue weighted by Crippen LogP contribution is -2.45. The van der Waals surface area contributed by atoms with Crippen molar-refractivity contribution < 1.29 is 9.53 Å². The van der Waals surface area contributed by atoms with Crippen molar-refractivity contribution in [2.24, 2.45) is 0 Å². The fourth-order valence-corrected chi connectivity index (χ4v) is 2.31. The number of ether oxygens (including phenoxy) is 1. The van der Waals surface area contributed by atoms with Gasteiger partial charge < -0.3 is 10.1 Å². The Balaban J connectivity index is 1.90. The van der Waals surface area contributed by atoms with Crippen molar-refractivity contribution in [3.8, 4) is 0 Å². The van der Waals surface area contributed by atoms with Gasteiger partial charge in [-0.1, -0.05) is 18.2 Å². The van der Waals surface area contributed by atoms with E-state index in [1.807, 2.05) is 24.3 Å². The lowest BCUT2D eigenvalue weighted by molar-refractivity contribution is -0.0273. The standard InChI is InChI=1S/C12H14N2O2/c15-12-10-4-2-1-3-9(10)11(16-12)14-7-5-13-6-8-14/h1-4,11,13H,5-8H2. The molecular weight excluding hydrogens is 204 g/mol. The SMILES string of the molecule is O=C1OC(N2CCNCC2)c2ccccc21.